The van der Waals surface area contributed by atoms with Crippen molar-refractivity contribution in [2.75, 3.05) is 41.0 Å². The van der Waals surface area contributed by atoms with E-state index in [-0.39, 0.29) is 11.3 Å². The molecule has 0 spiro atoms. The molecule has 30 heavy (non-hydrogen) atoms. The molecule has 164 valence electrons. The van der Waals surface area contributed by atoms with E-state index in [1.54, 1.807) is 32.0 Å². The number of hydrogen-bond acceptors (Lipinski definition) is 6. The zero-order valence-corrected chi connectivity index (χ0v) is 18.3. The first-order valence-electron chi connectivity index (χ1n) is 10.4. The summed E-state index contributed by atoms with van der Waals surface area (Å²) >= 11 is 0. The third-order valence-electron chi connectivity index (χ3n) is 5.81. The first kappa shape index (κ1) is 22.2. The highest BCUT2D eigenvalue weighted by molar-refractivity contribution is 5.49. The highest BCUT2D eigenvalue weighted by Gasteiger charge is 2.32. The van der Waals surface area contributed by atoms with Crippen LogP contribution in [0.15, 0.2) is 29.1 Å². The smallest absolute Gasteiger partial charge is 0.259 e. The van der Waals surface area contributed by atoms with Crippen LogP contribution < -0.4 is 15.0 Å². The van der Waals surface area contributed by atoms with Crippen LogP contribution in [-0.2, 0) is 11.3 Å². The van der Waals surface area contributed by atoms with Crippen molar-refractivity contribution in [2.45, 2.75) is 38.8 Å². The fourth-order valence-electron chi connectivity index (χ4n) is 4.24. The van der Waals surface area contributed by atoms with Crippen LogP contribution in [0, 0.1) is 6.92 Å². The molecule has 1 atom stereocenters. The molecular weight excluding hydrogens is 384 g/mol. The molecule has 1 N–H and O–H groups in total. The maximum atomic E-state index is 13.6. The molecule has 1 aromatic heterocycles. The second-order valence-corrected chi connectivity index (χ2v) is 7.64. The highest BCUT2D eigenvalue weighted by atomic mass is 16.5. The van der Waals surface area contributed by atoms with Crippen molar-refractivity contribution < 1.29 is 19.3 Å². The van der Waals surface area contributed by atoms with Gasteiger partial charge in [-0.1, -0.05) is 6.42 Å². The number of piperidine rings is 1. The van der Waals surface area contributed by atoms with Gasteiger partial charge < -0.3 is 23.9 Å². The number of ether oxygens (including phenoxy) is 3. The minimum atomic E-state index is -0.409. The minimum absolute atomic E-state index is 0.0135. The van der Waals surface area contributed by atoms with Gasteiger partial charge in [-0.05, 0) is 51.1 Å². The van der Waals surface area contributed by atoms with E-state index in [1.165, 1.54) is 6.42 Å². The summed E-state index contributed by atoms with van der Waals surface area (Å²) in [6.45, 7) is 4.38. The average Bonchev–Trinajstić information content (AvgIpc) is 2.76. The molecule has 0 saturated carbocycles. The fraction of sp³-hybridized carbons (Fsp3) is 0.522. The summed E-state index contributed by atoms with van der Waals surface area (Å²) in [5.41, 5.74) is 1.73. The lowest BCUT2D eigenvalue weighted by Gasteiger charge is -2.36. The van der Waals surface area contributed by atoms with Gasteiger partial charge in [0.1, 0.15) is 17.2 Å². The summed E-state index contributed by atoms with van der Waals surface area (Å²) in [6.07, 6.45) is 3.28. The molecule has 0 aliphatic carbocycles. The summed E-state index contributed by atoms with van der Waals surface area (Å²) < 4.78 is 17.9. The zero-order chi connectivity index (χ0) is 21.7. The van der Waals surface area contributed by atoms with Gasteiger partial charge in [0.15, 0.2) is 0 Å². The molecule has 2 heterocycles. The van der Waals surface area contributed by atoms with Crippen LogP contribution in [0.1, 0.15) is 42.1 Å². The van der Waals surface area contributed by atoms with Gasteiger partial charge in [-0.2, -0.15) is 0 Å². The first-order chi connectivity index (χ1) is 14.5. The van der Waals surface area contributed by atoms with Crippen molar-refractivity contribution in [1.29, 1.82) is 0 Å². The van der Waals surface area contributed by atoms with E-state index in [0.29, 0.717) is 35.9 Å². The summed E-state index contributed by atoms with van der Waals surface area (Å²) in [6, 6.07) is 6.87. The van der Waals surface area contributed by atoms with E-state index in [4.69, 9.17) is 14.2 Å². The van der Waals surface area contributed by atoms with Gasteiger partial charge in [0.05, 0.1) is 32.4 Å². The molecule has 0 radical (unpaired) electrons. The number of aromatic hydroxyl groups is 1. The molecule has 1 fully saturated rings. The Hall–Kier alpha value is -2.51. The van der Waals surface area contributed by atoms with Gasteiger partial charge in [-0.25, -0.2) is 0 Å². The fourth-order valence-corrected chi connectivity index (χ4v) is 4.24. The third-order valence-corrected chi connectivity index (χ3v) is 5.81. The van der Waals surface area contributed by atoms with E-state index in [0.717, 1.165) is 31.5 Å². The number of nitrogens with zero attached hydrogens (tertiary/aromatic N) is 2. The van der Waals surface area contributed by atoms with Crippen LogP contribution in [0.25, 0.3) is 0 Å². The molecule has 1 aliphatic heterocycles. The average molecular weight is 417 g/mol. The maximum absolute atomic E-state index is 13.6. The Bertz CT molecular complexity index is 919. The Balaban J connectivity index is 2.21. The number of aromatic nitrogens is 1. The lowest BCUT2D eigenvalue weighted by Crippen LogP contribution is -2.39. The van der Waals surface area contributed by atoms with Gasteiger partial charge in [-0.3, -0.25) is 9.69 Å². The van der Waals surface area contributed by atoms with Gasteiger partial charge in [0.2, 0.25) is 0 Å². The molecule has 7 nitrogen and oxygen atoms in total. The highest BCUT2D eigenvalue weighted by Crippen LogP contribution is 2.39. The van der Waals surface area contributed by atoms with E-state index in [9.17, 15) is 9.90 Å². The normalized spacial score (nSPS) is 15.7. The molecule has 1 unspecified atom stereocenters. The number of hydrogen-bond donors (Lipinski definition) is 1. The molecule has 1 saturated heterocycles. The van der Waals surface area contributed by atoms with Crippen LogP contribution in [0.3, 0.4) is 0 Å². The number of likely N-dealkylation sites (tertiary alicyclic amines) is 1. The minimum Gasteiger partial charge on any atom is -0.507 e. The summed E-state index contributed by atoms with van der Waals surface area (Å²) in [4.78, 5) is 15.8. The Kier molecular flexibility index (Phi) is 7.39. The molecule has 1 aromatic carbocycles. The van der Waals surface area contributed by atoms with E-state index < -0.39 is 6.04 Å². The van der Waals surface area contributed by atoms with E-state index in [1.807, 2.05) is 25.1 Å². The number of methoxy groups -OCH3 is 3. The second kappa shape index (κ2) is 10.00. The maximum Gasteiger partial charge on any atom is 0.259 e. The summed E-state index contributed by atoms with van der Waals surface area (Å²) in [5, 5.41) is 10.9. The van der Waals surface area contributed by atoms with Crippen LogP contribution >= 0.6 is 0 Å². The van der Waals surface area contributed by atoms with Crippen molar-refractivity contribution in [1.82, 2.24) is 9.47 Å². The largest absolute Gasteiger partial charge is 0.507 e. The molecular formula is C23H32N2O5. The molecule has 0 amide bonds. The zero-order valence-electron chi connectivity index (χ0n) is 18.3. The number of aryl methyl sites for hydroxylation is 1. The quantitative estimate of drug-likeness (QED) is 0.713. The van der Waals surface area contributed by atoms with Crippen LogP contribution in [0.5, 0.6) is 17.2 Å². The van der Waals surface area contributed by atoms with E-state index in [2.05, 4.69) is 4.90 Å². The Morgan fingerprint density at radius 1 is 1.07 bits per heavy atom. The Morgan fingerprint density at radius 2 is 1.80 bits per heavy atom. The van der Waals surface area contributed by atoms with Gasteiger partial charge in [0, 0.05) is 31.0 Å². The molecule has 3 rings (SSSR count). The van der Waals surface area contributed by atoms with E-state index >= 15 is 0 Å². The predicted octanol–water partition coefficient (Wildman–Crippen LogP) is 3.10. The monoisotopic (exact) mass is 416 g/mol. The Labute approximate surface area is 177 Å². The van der Waals surface area contributed by atoms with Crippen molar-refractivity contribution in [2.24, 2.45) is 0 Å². The van der Waals surface area contributed by atoms with Gasteiger partial charge in [-0.15, -0.1) is 0 Å². The van der Waals surface area contributed by atoms with Gasteiger partial charge in [0.25, 0.3) is 5.56 Å². The number of pyridine rings is 1. The van der Waals surface area contributed by atoms with Crippen molar-refractivity contribution in [3.05, 3.63) is 51.4 Å². The second-order valence-electron chi connectivity index (χ2n) is 7.64. The third kappa shape index (κ3) is 4.47. The van der Waals surface area contributed by atoms with Crippen molar-refractivity contribution in [3.8, 4) is 17.2 Å². The predicted molar refractivity (Wildman–Crippen MR) is 116 cm³/mol. The Morgan fingerprint density at radius 3 is 2.43 bits per heavy atom. The first-order valence-corrected chi connectivity index (χ1v) is 10.4. The van der Waals surface area contributed by atoms with Crippen molar-refractivity contribution >= 4 is 0 Å². The number of rotatable bonds is 8. The van der Waals surface area contributed by atoms with Crippen LogP contribution in [0.4, 0.5) is 0 Å². The topological polar surface area (TPSA) is 73.2 Å². The van der Waals surface area contributed by atoms with Crippen LogP contribution in [0.2, 0.25) is 0 Å². The lowest BCUT2D eigenvalue weighted by molar-refractivity contribution is 0.176. The van der Waals surface area contributed by atoms with Crippen LogP contribution in [-0.4, -0.2) is 55.6 Å². The molecule has 0 bridgehead atoms. The van der Waals surface area contributed by atoms with Crippen molar-refractivity contribution in [3.63, 3.8) is 0 Å². The summed E-state index contributed by atoms with van der Waals surface area (Å²) in [7, 11) is 4.83. The standard InChI is InChI=1S/C23H32N2O5/c1-16-14-19(26)21(23(27)25(16)12-13-28-2)22(24-10-6-5-7-11-24)18-9-8-17(29-3)15-20(18)30-4/h8-9,14-15,22,26H,5-7,10-13H2,1-4H3. The number of benzene rings is 1. The SMILES string of the molecule is COCCn1c(C)cc(O)c(C(c2ccc(OC)cc2OC)N2CCCCC2)c1=O. The summed E-state index contributed by atoms with van der Waals surface area (Å²) in [5.74, 6) is 1.32. The lowest BCUT2D eigenvalue weighted by atomic mass is 9.93. The molecule has 7 heteroatoms. The molecule has 1 aliphatic rings. The van der Waals surface area contributed by atoms with Gasteiger partial charge >= 0.3 is 0 Å². The molecule has 2 aromatic rings.